The predicted molar refractivity (Wildman–Crippen MR) is 292 cm³/mol. The molecule has 0 aliphatic rings. The summed E-state index contributed by atoms with van der Waals surface area (Å²) in [5.74, 6) is -0.307. The van der Waals surface area contributed by atoms with Crippen LogP contribution in [0.5, 0.6) is 0 Å². The molecule has 0 radical (unpaired) electrons. The number of carbonyl (C=O) groups is 1. The van der Waals surface area contributed by atoms with Crippen molar-refractivity contribution in [3.63, 3.8) is 0 Å². The van der Waals surface area contributed by atoms with Crippen LogP contribution in [-0.2, 0) is 4.79 Å². The van der Waals surface area contributed by atoms with Crippen molar-refractivity contribution < 1.29 is 20.1 Å². The molecule has 5 nitrogen and oxygen atoms in total. The summed E-state index contributed by atoms with van der Waals surface area (Å²) in [4.78, 5) is 12.5. The van der Waals surface area contributed by atoms with Crippen LogP contribution in [0.15, 0.2) is 12.2 Å². The minimum Gasteiger partial charge on any atom is -0.394 e. The number of aliphatic hydroxyl groups is 3. The summed E-state index contributed by atoms with van der Waals surface area (Å²) in [6.45, 7) is 4.26. The standard InChI is InChI=1S/C61H121NO4/c1-3-5-7-9-11-13-15-17-19-21-23-25-26-27-28-29-30-31-32-33-35-36-38-40-42-44-46-48-50-52-54-58(64)56-61(66)62-59(57-63)60(65)55-53-51-49-47-45-43-41-39-37-34-24-22-20-18-16-14-12-10-8-6-4-2/h53,55,58-60,63-65H,3-52,54,56-57H2,1-2H3,(H,62,66)/b55-53+. The molecule has 0 bridgehead atoms. The van der Waals surface area contributed by atoms with Gasteiger partial charge in [0.1, 0.15) is 0 Å². The first kappa shape index (κ1) is 65.1. The van der Waals surface area contributed by atoms with Gasteiger partial charge in [-0.3, -0.25) is 4.79 Å². The molecule has 1 amide bonds. The van der Waals surface area contributed by atoms with Gasteiger partial charge in [-0.05, 0) is 19.3 Å². The lowest BCUT2D eigenvalue weighted by Gasteiger charge is -2.21. The number of hydrogen-bond donors (Lipinski definition) is 4. The molecule has 66 heavy (non-hydrogen) atoms. The molecule has 5 heteroatoms. The monoisotopic (exact) mass is 932 g/mol. The fraction of sp³-hybridized carbons (Fsp3) is 0.951. The third kappa shape index (κ3) is 52.5. The number of nitrogens with one attached hydrogen (secondary N) is 1. The van der Waals surface area contributed by atoms with Gasteiger partial charge < -0.3 is 20.6 Å². The number of allylic oxidation sites excluding steroid dienone is 1. The molecule has 0 rings (SSSR count). The molecule has 0 aromatic carbocycles. The van der Waals surface area contributed by atoms with Gasteiger partial charge in [0.2, 0.25) is 5.91 Å². The Bertz CT molecular complexity index is 940. The van der Waals surface area contributed by atoms with Gasteiger partial charge in [0, 0.05) is 0 Å². The number of unbranched alkanes of at least 4 members (excludes halogenated alkanes) is 48. The Morgan fingerprint density at radius 2 is 0.621 bits per heavy atom. The van der Waals surface area contributed by atoms with Crippen molar-refractivity contribution in [1.29, 1.82) is 0 Å². The molecule has 0 spiro atoms. The Labute approximate surface area is 414 Å². The maximum Gasteiger partial charge on any atom is 0.222 e. The SMILES string of the molecule is CCCCCCCCCCCCCCCCCCCCC/C=C/C(O)C(CO)NC(=O)CC(O)CCCCCCCCCCCCCCCCCCCCCCCCCCCCCCCC. The molecule has 3 atom stereocenters. The minimum absolute atomic E-state index is 0.0197. The largest absolute Gasteiger partial charge is 0.394 e. The van der Waals surface area contributed by atoms with Crippen LogP contribution in [0.1, 0.15) is 348 Å². The summed E-state index contributed by atoms with van der Waals surface area (Å²) >= 11 is 0. The Morgan fingerprint density at radius 1 is 0.379 bits per heavy atom. The Kier molecular flexibility index (Phi) is 55.9. The summed E-state index contributed by atoms with van der Waals surface area (Å²) in [5.41, 5.74) is 0. The molecular formula is C61H121NO4. The summed E-state index contributed by atoms with van der Waals surface area (Å²) in [6.07, 6.45) is 71.4. The van der Waals surface area contributed by atoms with Crippen LogP contribution in [-0.4, -0.2) is 46.1 Å². The summed E-state index contributed by atoms with van der Waals surface area (Å²) in [6, 6.07) is -0.741. The minimum atomic E-state index is -0.926. The topological polar surface area (TPSA) is 89.8 Å². The lowest BCUT2D eigenvalue weighted by molar-refractivity contribution is -0.124. The molecule has 0 saturated heterocycles. The molecule has 0 aliphatic carbocycles. The second kappa shape index (κ2) is 56.7. The van der Waals surface area contributed by atoms with Crippen molar-refractivity contribution in [3.05, 3.63) is 12.2 Å². The van der Waals surface area contributed by atoms with E-state index in [0.29, 0.717) is 6.42 Å². The third-order valence-corrected chi connectivity index (χ3v) is 14.6. The molecule has 394 valence electrons. The van der Waals surface area contributed by atoms with Crippen LogP contribution in [0.25, 0.3) is 0 Å². The van der Waals surface area contributed by atoms with E-state index in [1.165, 1.54) is 295 Å². The Morgan fingerprint density at radius 3 is 0.879 bits per heavy atom. The second-order valence-corrected chi connectivity index (χ2v) is 21.3. The lowest BCUT2D eigenvalue weighted by atomic mass is 10.0. The average Bonchev–Trinajstić information content (AvgIpc) is 3.31. The van der Waals surface area contributed by atoms with E-state index in [4.69, 9.17) is 0 Å². The van der Waals surface area contributed by atoms with Crippen molar-refractivity contribution in [2.24, 2.45) is 0 Å². The van der Waals surface area contributed by atoms with Crippen LogP contribution in [0.2, 0.25) is 0 Å². The highest BCUT2D eigenvalue weighted by molar-refractivity contribution is 5.76. The highest BCUT2D eigenvalue weighted by Gasteiger charge is 2.20. The van der Waals surface area contributed by atoms with Crippen LogP contribution < -0.4 is 5.32 Å². The van der Waals surface area contributed by atoms with Gasteiger partial charge in [-0.15, -0.1) is 0 Å². The van der Waals surface area contributed by atoms with Crippen LogP contribution in [0.3, 0.4) is 0 Å². The van der Waals surface area contributed by atoms with Gasteiger partial charge in [0.15, 0.2) is 0 Å². The molecule has 0 aromatic rings. The van der Waals surface area contributed by atoms with Crippen molar-refractivity contribution in [3.8, 4) is 0 Å². The molecule has 0 saturated carbocycles. The van der Waals surface area contributed by atoms with E-state index in [2.05, 4.69) is 19.2 Å². The molecule has 0 aliphatic heterocycles. The van der Waals surface area contributed by atoms with Gasteiger partial charge in [-0.1, -0.05) is 334 Å². The number of rotatable bonds is 57. The van der Waals surface area contributed by atoms with Crippen LogP contribution in [0, 0.1) is 0 Å². The third-order valence-electron chi connectivity index (χ3n) is 14.6. The zero-order valence-electron chi connectivity index (χ0n) is 45.1. The average molecular weight is 933 g/mol. The smallest absolute Gasteiger partial charge is 0.222 e. The Hall–Kier alpha value is -0.910. The summed E-state index contributed by atoms with van der Waals surface area (Å²) < 4.78 is 0. The van der Waals surface area contributed by atoms with Gasteiger partial charge in [-0.25, -0.2) is 0 Å². The zero-order valence-corrected chi connectivity index (χ0v) is 45.1. The molecular weight excluding hydrogens is 811 g/mol. The van der Waals surface area contributed by atoms with Crippen LogP contribution >= 0.6 is 0 Å². The normalized spacial score (nSPS) is 13.2. The molecule has 0 aromatic heterocycles. The highest BCUT2D eigenvalue weighted by Crippen LogP contribution is 2.19. The maximum atomic E-state index is 12.5. The number of aliphatic hydroxyl groups excluding tert-OH is 3. The predicted octanol–water partition coefficient (Wildman–Crippen LogP) is 19.1. The number of hydrogen-bond acceptors (Lipinski definition) is 4. The van der Waals surface area contributed by atoms with E-state index < -0.39 is 18.2 Å². The first-order valence-corrected chi connectivity index (χ1v) is 30.5. The summed E-state index contributed by atoms with van der Waals surface area (Å²) in [5, 5.41) is 33.5. The first-order valence-electron chi connectivity index (χ1n) is 30.5. The quantitative estimate of drug-likeness (QED) is 0.0361. The van der Waals surface area contributed by atoms with Crippen molar-refractivity contribution >= 4 is 5.91 Å². The van der Waals surface area contributed by atoms with E-state index in [1.807, 2.05) is 6.08 Å². The van der Waals surface area contributed by atoms with E-state index in [9.17, 15) is 20.1 Å². The van der Waals surface area contributed by atoms with Crippen molar-refractivity contribution in [2.75, 3.05) is 6.61 Å². The van der Waals surface area contributed by atoms with Gasteiger partial charge in [0.25, 0.3) is 0 Å². The highest BCUT2D eigenvalue weighted by atomic mass is 16.3. The van der Waals surface area contributed by atoms with E-state index in [-0.39, 0.29) is 18.9 Å². The first-order chi connectivity index (χ1) is 32.5. The molecule has 4 N–H and O–H groups in total. The van der Waals surface area contributed by atoms with Gasteiger partial charge in [-0.2, -0.15) is 0 Å². The molecule has 3 unspecified atom stereocenters. The fourth-order valence-electron chi connectivity index (χ4n) is 9.93. The van der Waals surface area contributed by atoms with E-state index in [0.717, 1.165) is 25.7 Å². The lowest BCUT2D eigenvalue weighted by Crippen LogP contribution is -2.45. The second-order valence-electron chi connectivity index (χ2n) is 21.3. The number of amides is 1. The number of carbonyl (C=O) groups excluding carboxylic acids is 1. The molecule has 0 fully saturated rings. The zero-order chi connectivity index (χ0) is 47.9. The maximum absolute atomic E-state index is 12.5. The van der Waals surface area contributed by atoms with Crippen molar-refractivity contribution in [2.45, 2.75) is 366 Å². The van der Waals surface area contributed by atoms with E-state index >= 15 is 0 Å². The summed E-state index contributed by atoms with van der Waals surface area (Å²) in [7, 11) is 0. The van der Waals surface area contributed by atoms with Crippen LogP contribution in [0.4, 0.5) is 0 Å². The van der Waals surface area contributed by atoms with Crippen molar-refractivity contribution in [1.82, 2.24) is 5.32 Å². The fourth-order valence-corrected chi connectivity index (χ4v) is 9.93. The molecule has 0 heterocycles. The van der Waals surface area contributed by atoms with Gasteiger partial charge in [0.05, 0.1) is 31.3 Å². The Balaban J connectivity index is 3.49. The van der Waals surface area contributed by atoms with E-state index in [1.54, 1.807) is 6.08 Å². The van der Waals surface area contributed by atoms with Gasteiger partial charge >= 0.3 is 0 Å².